The lowest BCUT2D eigenvalue weighted by Gasteiger charge is -2.07. The molecule has 3 aromatic rings. The predicted octanol–water partition coefficient (Wildman–Crippen LogP) is 1.36. The highest BCUT2D eigenvalue weighted by atomic mass is 19.1. The Morgan fingerprint density at radius 3 is 2.70 bits per heavy atom. The summed E-state index contributed by atoms with van der Waals surface area (Å²) in [7, 11) is 1.57. The molecule has 1 amide bonds. The maximum atomic E-state index is 13.6. The van der Waals surface area contributed by atoms with E-state index in [2.05, 4.69) is 15.3 Å². The molecule has 3 rings (SSSR count). The van der Waals surface area contributed by atoms with E-state index in [0.29, 0.717) is 12.6 Å². The zero-order chi connectivity index (χ0) is 24.1. The quantitative estimate of drug-likeness (QED) is 0.461. The number of aromatic nitrogens is 4. The largest absolute Gasteiger partial charge is 0.457 e. The van der Waals surface area contributed by atoms with E-state index in [-0.39, 0.29) is 42.1 Å². The van der Waals surface area contributed by atoms with Gasteiger partial charge in [0.1, 0.15) is 24.1 Å². The Bertz CT molecular complexity index is 1310. The lowest BCUT2D eigenvalue weighted by atomic mass is 10.2. The summed E-state index contributed by atoms with van der Waals surface area (Å²) >= 11 is 0. The molecule has 0 radical (unpaired) electrons. The van der Waals surface area contributed by atoms with Crippen LogP contribution in [0.2, 0.25) is 0 Å². The van der Waals surface area contributed by atoms with Crippen molar-refractivity contribution in [3.05, 3.63) is 62.1 Å². The first-order valence-corrected chi connectivity index (χ1v) is 10.3. The van der Waals surface area contributed by atoms with E-state index in [9.17, 15) is 28.0 Å². The summed E-state index contributed by atoms with van der Waals surface area (Å²) in [5.74, 6) is -3.01. The van der Waals surface area contributed by atoms with Crippen molar-refractivity contribution in [2.24, 2.45) is 7.05 Å². The van der Waals surface area contributed by atoms with E-state index in [1.807, 2.05) is 6.92 Å². The van der Waals surface area contributed by atoms with Gasteiger partial charge in [0, 0.05) is 26.2 Å². The van der Waals surface area contributed by atoms with Crippen molar-refractivity contribution in [3.63, 3.8) is 0 Å². The minimum Gasteiger partial charge on any atom is -0.457 e. The molecule has 1 aromatic carbocycles. The number of benzene rings is 1. The number of imidazole rings is 1. The first-order chi connectivity index (χ1) is 15.7. The number of nitrogens with zero attached hydrogens (tertiary/aromatic N) is 3. The average molecular weight is 463 g/mol. The summed E-state index contributed by atoms with van der Waals surface area (Å²) in [5.41, 5.74) is -1.10. The normalized spacial score (nSPS) is 11.0. The number of carbonyl (C=O) groups excluding carboxylic acids is 2. The van der Waals surface area contributed by atoms with Gasteiger partial charge in [-0.05, 0) is 18.6 Å². The number of hydrogen-bond donors (Lipinski definition) is 2. The molecule has 0 aliphatic carbocycles. The zero-order valence-electron chi connectivity index (χ0n) is 18.1. The third-order valence-corrected chi connectivity index (χ3v) is 4.99. The van der Waals surface area contributed by atoms with E-state index < -0.39 is 34.8 Å². The lowest BCUT2D eigenvalue weighted by molar-refractivity contribution is -0.145. The van der Waals surface area contributed by atoms with Gasteiger partial charge in [0.25, 0.3) is 11.5 Å². The van der Waals surface area contributed by atoms with Gasteiger partial charge >= 0.3 is 11.7 Å². The van der Waals surface area contributed by atoms with E-state index in [1.54, 1.807) is 7.05 Å². The van der Waals surface area contributed by atoms with Crippen LogP contribution in [0.15, 0.2) is 27.8 Å². The minimum absolute atomic E-state index is 0.132. The third kappa shape index (κ3) is 5.33. The molecule has 33 heavy (non-hydrogen) atoms. The van der Waals surface area contributed by atoms with Gasteiger partial charge in [-0.3, -0.25) is 23.9 Å². The second kappa shape index (κ2) is 10.2. The van der Waals surface area contributed by atoms with E-state index in [4.69, 9.17) is 4.74 Å². The highest BCUT2D eigenvalue weighted by Crippen LogP contribution is 2.12. The molecule has 0 saturated heterocycles. The summed E-state index contributed by atoms with van der Waals surface area (Å²) in [6.45, 7) is 1.96. The Morgan fingerprint density at radius 1 is 1.24 bits per heavy atom. The Balaban J connectivity index is 1.62. The second-order valence-electron chi connectivity index (χ2n) is 7.31. The molecule has 0 aliphatic rings. The molecule has 2 heterocycles. The fraction of sp³-hybridized carbons (Fsp3) is 0.381. The number of H-pyrrole nitrogens is 1. The number of carbonyl (C=O) groups is 2. The minimum atomic E-state index is -1.01. The summed E-state index contributed by atoms with van der Waals surface area (Å²) in [6, 6.07) is 2.55. The Hall–Kier alpha value is -3.83. The first kappa shape index (κ1) is 23.8. The monoisotopic (exact) mass is 463 g/mol. The number of rotatable bonds is 9. The highest BCUT2D eigenvalue weighted by molar-refractivity contribution is 5.94. The van der Waals surface area contributed by atoms with E-state index in [0.717, 1.165) is 25.0 Å². The average Bonchev–Trinajstić information content (AvgIpc) is 3.08. The van der Waals surface area contributed by atoms with Crippen molar-refractivity contribution in [2.45, 2.75) is 39.3 Å². The molecule has 176 valence electrons. The van der Waals surface area contributed by atoms with Crippen LogP contribution in [0.3, 0.4) is 0 Å². The van der Waals surface area contributed by atoms with Crippen molar-refractivity contribution >= 4 is 23.0 Å². The van der Waals surface area contributed by atoms with Crippen LogP contribution in [-0.4, -0.2) is 37.5 Å². The maximum absolute atomic E-state index is 13.6. The number of unbranched alkanes of at least 4 members (excludes halogenated alkanes) is 1. The van der Waals surface area contributed by atoms with Crippen LogP contribution in [0.1, 0.15) is 42.4 Å². The molecule has 0 fully saturated rings. The van der Waals surface area contributed by atoms with Gasteiger partial charge in [-0.25, -0.2) is 18.6 Å². The van der Waals surface area contributed by atoms with E-state index in [1.165, 1.54) is 9.13 Å². The van der Waals surface area contributed by atoms with Crippen LogP contribution >= 0.6 is 0 Å². The van der Waals surface area contributed by atoms with Crippen LogP contribution in [0.25, 0.3) is 11.2 Å². The highest BCUT2D eigenvalue weighted by Gasteiger charge is 2.18. The van der Waals surface area contributed by atoms with Crippen LogP contribution in [0, 0.1) is 11.6 Å². The van der Waals surface area contributed by atoms with E-state index >= 15 is 0 Å². The summed E-state index contributed by atoms with van der Waals surface area (Å²) < 4.78 is 34.5. The fourth-order valence-corrected chi connectivity index (χ4v) is 3.21. The molecule has 12 heteroatoms. The number of amides is 1. The number of esters is 1. The molecule has 0 bridgehead atoms. The van der Waals surface area contributed by atoms with Crippen LogP contribution in [0.5, 0.6) is 0 Å². The van der Waals surface area contributed by atoms with Crippen molar-refractivity contribution < 1.29 is 23.1 Å². The predicted molar refractivity (Wildman–Crippen MR) is 114 cm³/mol. The summed E-state index contributed by atoms with van der Waals surface area (Å²) in [4.78, 5) is 55.0. The van der Waals surface area contributed by atoms with Crippen LogP contribution in [0.4, 0.5) is 8.78 Å². The topological polar surface area (TPSA) is 128 Å². The smallest absolute Gasteiger partial charge is 0.330 e. The molecule has 2 N–H and O–H groups in total. The van der Waals surface area contributed by atoms with Crippen molar-refractivity contribution in [3.8, 4) is 0 Å². The lowest BCUT2D eigenvalue weighted by Crippen LogP contribution is -2.31. The first-order valence-electron chi connectivity index (χ1n) is 10.3. The number of halogens is 2. The van der Waals surface area contributed by atoms with Gasteiger partial charge in [0.2, 0.25) is 0 Å². The van der Waals surface area contributed by atoms with Gasteiger partial charge in [-0.15, -0.1) is 0 Å². The molecule has 0 unspecified atom stereocenters. The van der Waals surface area contributed by atoms with Crippen LogP contribution < -0.4 is 16.6 Å². The molecule has 0 spiro atoms. The maximum Gasteiger partial charge on any atom is 0.330 e. The van der Waals surface area contributed by atoms with Gasteiger partial charge in [-0.2, -0.15) is 0 Å². The molecular formula is C21H23F2N5O5. The number of ether oxygens (including phenoxy) is 1. The standard InChI is InChI=1S/C21H23F2N5O5/c1-3-4-9-28-18-17(20(31)26-21(28)32)27(2)15(25-18)11-33-16(29)7-8-24-19(30)13-6-5-12(22)10-14(13)23/h5-6,10H,3-4,7-9,11H2,1-2H3,(H,24,30)(H,26,31,32). The van der Waals surface area contributed by atoms with Gasteiger partial charge in [-0.1, -0.05) is 13.3 Å². The van der Waals surface area contributed by atoms with Crippen LogP contribution in [-0.2, 0) is 29.7 Å². The molecule has 0 saturated carbocycles. The summed E-state index contributed by atoms with van der Waals surface area (Å²) in [5, 5.41) is 2.36. The Kier molecular flexibility index (Phi) is 7.36. The second-order valence-corrected chi connectivity index (χ2v) is 7.31. The fourth-order valence-electron chi connectivity index (χ4n) is 3.21. The van der Waals surface area contributed by atoms with Gasteiger partial charge < -0.3 is 14.6 Å². The number of fused-ring (bicyclic) bond motifs is 1. The SMILES string of the molecule is CCCCn1c(=O)[nH]c(=O)c2c1nc(COC(=O)CCNC(=O)c1ccc(F)cc1F)n2C. The third-order valence-electron chi connectivity index (χ3n) is 4.99. The molecular weight excluding hydrogens is 440 g/mol. The Labute approximate surface area is 186 Å². The number of nitrogens with one attached hydrogen (secondary N) is 2. The Morgan fingerprint density at radius 2 is 2.00 bits per heavy atom. The van der Waals surface area contributed by atoms with Crippen molar-refractivity contribution in [1.82, 2.24) is 24.4 Å². The number of hydrogen-bond acceptors (Lipinski definition) is 6. The molecule has 2 aromatic heterocycles. The zero-order valence-corrected chi connectivity index (χ0v) is 18.1. The van der Waals surface area contributed by atoms with Crippen molar-refractivity contribution in [1.29, 1.82) is 0 Å². The molecule has 0 atom stereocenters. The van der Waals surface area contributed by atoms with Gasteiger partial charge in [0.05, 0.1) is 12.0 Å². The molecule has 10 nitrogen and oxygen atoms in total. The number of aryl methyl sites for hydroxylation is 2. The van der Waals surface area contributed by atoms with Gasteiger partial charge in [0.15, 0.2) is 11.2 Å². The van der Waals surface area contributed by atoms with Crippen molar-refractivity contribution in [2.75, 3.05) is 6.54 Å². The molecule has 0 aliphatic heterocycles. The summed E-state index contributed by atoms with van der Waals surface area (Å²) in [6.07, 6.45) is 1.35. The number of aromatic amines is 1.